The van der Waals surface area contributed by atoms with Crippen LogP contribution in [0.1, 0.15) is 16.8 Å². The SMILES string of the molecule is Cc1nn(Cc2ccc(Cl)cc2)c(Cl)c1/C=C/C(=O)N1CCOCC1. The summed E-state index contributed by atoms with van der Waals surface area (Å²) in [6, 6.07) is 7.55. The Balaban J connectivity index is 1.73. The van der Waals surface area contributed by atoms with E-state index in [4.69, 9.17) is 27.9 Å². The van der Waals surface area contributed by atoms with E-state index in [0.717, 1.165) is 16.8 Å². The number of amides is 1. The predicted molar refractivity (Wildman–Crippen MR) is 99.0 cm³/mol. The quantitative estimate of drug-likeness (QED) is 0.764. The van der Waals surface area contributed by atoms with Crippen molar-refractivity contribution in [3.05, 3.63) is 57.3 Å². The molecule has 1 aromatic carbocycles. The fourth-order valence-electron chi connectivity index (χ4n) is 2.67. The minimum Gasteiger partial charge on any atom is -0.378 e. The van der Waals surface area contributed by atoms with Crippen LogP contribution in [-0.2, 0) is 16.1 Å². The third-order valence-corrected chi connectivity index (χ3v) is 4.72. The van der Waals surface area contributed by atoms with Crippen LogP contribution in [0.4, 0.5) is 0 Å². The van der Waals surface area contributed by atoms with E-state index in [9.17, 15) is 4.79 Å². The van der Waals surface area contributed by atoms with Gasteiger partial charge in [0.1, 0.15) is 5.15 Å². The molecular formula is C18H19Cl2N3O2. The molecule has 3 rings (SSSR count). The normalized spacial score (nSPS) is 15.1. The maximum Gasteiger partial charge on any atom is 0.246 e. The second-order valence-corrected chi connectivity index (χ2v) is 6.64. The minimum absolute atomic E-state index is 0.0378. The summed E-state index contributed by atoms with van der Waals surface area (Å²) in [6.45, 7) is 4.82. The fourth-order valence-corrected chi connectivity index (χ4v) is 3.09. The van der Waals surface area contributed by atoms with Gasteiger partial charge in [-0.15, -0.1) is 0 Å². The summed E-state index contributed by atoms with van der Waals surface area (Å²) in [5.74, 6) is -0.0378. The lowest BCUT2D eigenvalue weighted by atomic mass is 10.2. The largest absolute Gasteiger partial charge is 0.378 e. The summed E-state index contributed by atoms with van der Waals surface area (Å²) in [6.07, 6.45) is 3.29. The van der Waals surface area contributed by atoms with E-state index in [2.05, 4.69) is 5.10 Å². The average molecular weight is 380 g/mol. The molecule has 2 aromatic rings. The number of nitrogens with zero attached hydrogens (tertiary/aromatic N) is 3. The lowest BCUT2D eigenvalue weighted by molar-refractivity contribution is -0.129. The first-order valence-electron chi connectivity index (χ1n) is 8.06. The van der Waals surface area contributed by atoms with Gasteiger partial charge in [0.05, 0.1) is 25.5 Å². The Labute approximate surface area is 156 Å². The molecule has 0 spiro atoms. The zero-order chi connectivity index (χ0) is 17.8. The van der Waals surface area contributed by atoms with E-state index in [1.54, 1.807) is 21.7 Å². The number of halogens is 2. The summed E-state index contributed by atoms with van der Waals surface area (Å²) >= 11 is 12.4. The molecule has 1 amide bonds. The number of morpholine rings is 1. The molecule has 0 unspecified atom stereocenters. The highest BCUT2D eigenvalue weighted by molar-refractivity contribution is 6.31. The first kappa shape index (κ1) is 18.0. The van der Waals surface area contributed by atoms with Gasteiger partial charge in [-0.3, -0.25) is 4.79 Å². The Hall–Kier alpha value is -1.82. The van der Waals surface area contributed by atoms with E-state index in [-0.39, 0.29) is 5.91 Å². The molecule has 1 fully saturated rings. The molecule has 0 radical (unpaired) electrons. The first-order valence-corrected chi connectivity index (χ1v) is 8.82. The van der Waals surface area contributed by atoms with Crippen molar-refractivity contribution < 1.29 is 9.53 Å². The van der Waals surface area contributed by atoms with Gasteiger partial charge in [0.25, 0.3) is 0 Å². The van der Waals surface area contributed by atoms with Crippen LogP contribution in [0.25, 0.3) is 6.08 Å². The van der Waals surface area contributed by atoms with Gasteiger partial charge >= 0.3 is 0 Å². The van der Waals surface area contributed by atoms with Crippen molar-refractivity contribution in [3.8, 4) is 0 Å². The molecular weight excluding hydrogens is 361 g/mol. The molecule has 0 atom stereocenters. The summed E-state index contributed by atoms with van der Waals surface area (Å²) in [5.41, 5.74) is 2.59. The van der Waals surface area contributed by atoms with E-state index in [0.29, 0.717) is 43.0 Å². The number of carbonyl (C=O) groups excluding carboxylic acids is 1. The van der Waals surface area contributed by atoms with E-state index < -0.39 is 0 Å². The van der Waals surface area contributed by atoms with Crippen LogP contribution in [0.2, 0.25) is 10.2 Å². The number of hydrogen-bond acceptors (Lipinski definition) is 3. The number of carbonyl (C=O) groups is 1. The van der Waals surface area contributed by atoms with Crippen molar-refractivity contribution >= 4 is 35.2 Å². The van der Waals surface area contributed by atoms with Crippen LogP contribution in [0.15, 0.2) is 30.3 Å². The maximum atomic E-state index is 12.2. The smallest absolute Gasteiger partial charge is 0.246 e. The Kier molecular flexibility index (Phi) is 5.78. The molecule has 0 saturated carbocycles. The number of aromatic nitrogens is 2. The number of hydrogen-bond donors (Lipinski definition) is 0. The van der Waals surface area contributed by atoms with Gasteiger partial charge in [0, 0.05) is 29.8 Å². The zero-order valence-corrected chi connectivity index (χ0v) is 15.4. The second-order valence-electron chi connectivity index (χ2n) is 5.85. The maximum absolute atomic E-state index is 12.2. The van der Waals surface area contributed by atoms with Crippen LogP contribution in [0, 0.1) is 6.92 Å². The van der Waals surface area contributed by atoms with Gasteiger partial charge in [-0.1, -0.05) is 35.3 Å². The lowest BCUT2D eigenvalue weighted by Gasteiger charge is -2.25. The third kappa shape index (κ3) is 4.42. The third-order valence-electron chi connectivity index (χ3n) is 4.07. The van der Waals surface area contributed by atoms with Crippen LogP contribution < -0.4 is 0 Å². The summed E-state index contributed by atoms with van der Waals surface area (Å²) < 4.78 is 6.98. The second kappa shape index (κ2) is 8.04. The highest BCUT2D eigenvalue weighted by Crippen LogP contribution is 2.23. The molecule has 25 heavy (non-hydrogen) atoms. The van der Waals surface area contributed by atoms with Gasteiger partial charge in [-0.05, 0) is 30.7 Å². The van der Waals surface area contributed by atoms with Crippen LogP contribution in [0.5, 0.6) is 0 Å². The number of benzene rings is 1. The van der Waals surface area contributed by atoms with Crippen molar-refractivity contribution in [3.63, 3.8) is 0 Å². The van der Waals surface area contributed by atoms with Crippen LogP contribution in [-0.4, -0.2) is 46.9 Å². The van der Waals surface area contributed by atoms with Crippen LogP contribution >= 0.6 is 23.2 Å². The number of aryl methyl sites for hydroxylation is 1. The average Bonchev–Trinajstić information content (AvgIpc) is 2.89. The van der Waals surface area contributed by atoms with E-state index in [1.165, 1.54) is 0 Å². The minimum atomic E-state index is -0.0378. The molecule has 7 heteroatoms. The lowest BCUT2D eigenvalue weighted by Crippen LogP contribution is -2.39. The molecule has 1 aliphatic heterocycles. The van der Waals surface area contributed by atoms with Crippen LogP contribution in [0.3, 0.4) is 0 Å². The topological polar surface area (TPSA) is 47.4 Å². The Morgan fingerprint density at radius 1 is 1.24 bits per heavy atom. The fraction of sp³-hybridized carbons (Fsp3) is 0.333. The molecule has 0 aliphatic carbocycles. The van der Waals surface area contributed by atoms with Crippen molar-refractivity contribution in [1.29, 1.82) is 0 Å². The van der Waals surface area contributed by atoms with Gasteiger partial charge in [0.2, 0.25) is 5.91 Å². The van der Waals surface area contributed by atoms with Crippen molar-refractivity contribution in [2.45, 2.75) is 13.5 Å². The van der Waals surface area contributed by atoms with Gasteiger partial charge in [0.15, 0.2) is 0 Å². The Morgan fingerprint density at radius 2 is 1.92 bits per heavy atom. The molecule has 1 aliphatic rings. The number of rotatable bonds is 4. The first-order chi connectivity index (χ1) is 12.0. The summed E-state index contributed by atoms with van der Waals surface area (Å²) in [7, 11) is 0. The van der Waals surface area contributed by atoms with E-state index in [1.807, 2.05) is 31.2 Å². The Bertz CT molecular complexity index is 778. The standard InChI is InChI=1S/C18H19Cl2N3O2/c1-13-16(6-7-17(24)22-8-10-25-11-9-22)18(20)23(21-13)12-14-2-4-15(19)5-3-14/h2-7H,8-12H2,1H3/b7-6+. The van der Waals surface area contributed by atoms with Gasteiger partial charge in [-0.2, -0.15) is 5.10 Å². The molecule has 132 valence electrons. The Morgan fingerprint density at radius 3 is 2.60 bits per heavy atom. The molecule has 0 bridgehead atoms. The van der Waals surface area contributed by atoms with E-state index >= 15 is 0 Å². The van der Waals surface area contributed by atoms with Gasteiger partial charge in [-0.25, -0.2) is 4.68 Å². The number of ether oxygens (including phenoxy) is 1. The highest BCUT2D eigenvalue weighted by Gasteiger charge is 2.16. The predicted octanol–water partition coefficient (Wildman–Crippen LogP) is 3.42. The zero-order valence-electron chi connectivity index (χ0n) is 13.9. The summed E-state index contributed by atoms with van der Waals surface area (Å²) in [4.78, 5) is 14.0. The highest BCUT2D eigenvalue weighted by atomic mass is 35.5. The van der Waals surface area contributed by atoms with Gasteiger partial charge < -0.3 is 9.64 Å². The molecule has 5 nitrogen and oxygen atoms in total. The molecule has 1 saturated heterocycles. The summed E-state index contributed by atoms with van der Waals surface area (Å²) in [5, 5.41) is 5.68. The molecule has 0 N–H and O–H groups in total. The molecule has 2 heterocycles. The molecule has 1 aromatic heterocycles. The monoisotopic (exact) mass is 379 g/mol. The van der Waals surface area contributed by atoms with Crippen molar-refractivity contribution in [2.75, 3.05) is 26.3 Å². The van der Waals surface area contributed by atoms with Crippen molar-refractivity contribution in [2.24, 2.45) is 0 Å². The van der Waals surface area contributed by atoms with Crippen molar-refractivity contribution in [1.82, 2.24) is 14.7 Å².